The molecule has 0 radical (unpaired) electrons. The first-order chi connectivity index (χ1) is 13.2. The Hall–Kier alpha value is -2.28. The van der Waals surface area contributed by atoms with E-state index in [9.17, 15) is 9.59 Å². The van der Waals surface area contributed by atoms with E-state index in [-0.39, 0.29) is 35.5 Å². The summed E-state index contributed by atoms with van der Waals surface area (Å²) in [6.07, 6.45) is 3.14. The zero-order valence-electron chi connectivity index (χ0n) is 14.4. The van der Waals surface area contributed by atoms with Gasteiger partial charge < -0.3 is 14.4 Å². The fourth-order valence-corrected chi connectivity index (χ4v) is 5.84. The number of Topliss-reactive ketones (excluding diaryl/α,β-unsaturated/α-hetero) is 2. The molecule has 0 amide bonds. The number of carbonyl (C=O) groups excluding carboxylic acids is 2. The van der Waals surface area contributed by atoms with Gasteiger partial charge in [0.25, 0.3) is 0 Å². The second kappa shape index (κ2) is 5.61. The molecule has 6 heteroatoms. The van der Waals surface area contributed by atoms with Gasteiger partial charge in [-0.15, -0.1) is 11.3 Å². The predicted molar refractivity (Wildman–Crippen MR) is 101 cm³/mol. The van der Waals surface area contributed by atoms with Crippen LogP contribution in [0.3, 0.4) is 0 Å². The molecule has 6 rings (SSSR count). The normalized spacial score (nSPS) is 35.7. The number of thiophene rings is 1. The summed E-state index contributed by atoms with van der Waals surface area (Å²) in [5.41, 5.74) is 2.09. The molecule has 5 nitrogen and oxygen atoms in total. The van der Waals surface area contributed by atoms with Crippen molar-refractivity contribution in [1.82, 2.24) is 0 Å². The van der Waals surface area contributed by atoms with Crippen LogP contribution in [0, 0.1) is 11.8 Å². The molecular formula is C21H17NO4S. The molecule has 0 spiro atoms. The molecule has 6 atom stereocenters. The van der Waals surface area contributed by atoms with Crippen LogP contribution in [0.2, 0.25) is 0 Å². The number of hydrogen-bond acceptors (Lipinski definition) is 6. The van der Waals surface area contributed by atoms with Crippen LogP contribution in [0.1, 0.15) is 15.2 Å². The first-order valence-electron chi connectivity index (χ1n) is 9.18. The van der Waals surface area contributed by atoms with E-state index < -0.39 is 12.3 Å². The van der Waals surface area contributed by atoms with E-state index in [4.69, 9.17) is 9.47 Å². The number of para-hydroxylation sites is 1. The minimum Gasteiger partial charge on any atom is -0.353 e. The molecule has 1 aromatic heterocycles. The number of benzene rings is 1. The Balaban J connectivity index is 1.54. The molecule has 2 aromatic rings. The highest BCUT2D eigenvalue weighted by molar-refractivity contribution is 7.12. The third-order valence-electron chi connectivity index (χ3n) is 6.19. The minimum atomic E-state index is -0.778. The maximum Gasteiger partial charge on any atom is 0.218 e. The lowest BCUT2D eigenvalue weighted by Crippen LogP contribution is -2.48. The summed E-state index contributed by atoms with van der Waals surface area (Å²) in [7, 11) is 0. The number of carbonyl (C=O) groups is 2. The Bertz CT molecular complexity index is 968. The van der Waals surface area contributed by atoms with Crippen LogP contribution < -0.4 is 4.90 Å². The van der Waals surface area contributed by atoms with Crippen LogP contribution >= 0.6 is 11.3 Å². The van der Waals surface area contributed by atoms with E-state index in [1.54, 1.807) is 0 Å². The molecule has 0 unspecified atom stereocenters. The SMILES string of the molecule is O=C1[C@@H]2OC[C@H](O2)[C@@H]2[C@H]1[C@@H]1C=Cc3ccccc3N1[C@@H]2C(=O)c1cccs1. The third-order valence-corrected chi connectivity index (χ3v) is 7.07. The van der Waals surface area contributed by atoms with Crippen molar-refractivity contribution in [1.29, 1.82) is 0 Å². The lowest BCUT2D eigenvalue weighted by molar-refractivity contribution is -0.163. The van der Waals surface area contributed by atoms with Crippen LogP contribution in [0.4, 0.5) is 5.69 Å². The Morgan fingerprint density at radius 3 is 2.93 bits per heavy atom. The first kappa shape index (κ1) is 15.7. The molecule has 136 valence electrons. The molecule has 0 saturated carbocycles. The van der Waals surface area contributed by atoms with Gasteiger partial charge in [-0.3, -0.25) is 9.59 Å². The zero-order chi connectivity index (χ0) is 18.1. The Labute approximate surface area is 160 Å². The highest BCUT2D eigenvalue weighted by atomic mass is 32.1. The van der Waals surface area contributed by atoms with E-state index in [0.29, 0.717) is 6.61 Å². The second-order valence-corrected chi connectivity index (χ2v) is 8.40. The van der Waals surface area contributed by atoms with E-state index in [1.807, 2.05) is 41.8 Å². The number of ether oxygens (including phenoxy) is 2. The van der Waals surface area contributed by atoms with Crippen LogP contribution in [0.25, 0.3) is 6.08 Å². The molecule has 27 heavy (non-hydrogen) atoms. The van der Waals surface area contributed by atoms with Gasteiger partial charge in [0.1, 0.15) is 6.04 Å². The molecule has 0 N–H and O–H groups in total. The van der Waals surface area contributed by atoms with Gasteiger partial charge in [0, 0.05) is 11.6 Å². The summed E-state index contributed by atoms with van der Waals surface area (Å²) < 4.78 is 11.4. The van der Waals surface area contributed by atoms with Crippen molar-refractivity contribution >= 4 is 34.7 Å². The van der Waals surface area contributed by atoms with Gasteiger partial charge in [-0.2, -0.15) is 0 Å². The van der Waals surface area contributed by atoms with Crippen LogP contribution in [-0.4, -0.2) is 42.7 Å². The number of hydrogen-bond donors (Lipinski definition) is 0. The maximum atomic E-state index is 13.5. The highest BCUT2D eigenvalue weighted by Gasteiger charge is 2.63. The van der Waals surface area contributed by atoms with Crippen LogP contribution in [0.15, 0.2) is 47.9 Å². The third kappa shape index (κ3) is 2.06. The van der Waals surface area contributed by atoms with Crippen molar-refractivity contribution in [2.24, 2.45) is 11.8 Å². The molecule has 0 aliphatic carbocycles. The molecular weight excluding hydrogens is 362 g/mol. The number of nitrogens with zero attached hydrogens (tertiary/aromatic N) is 1. The average molecular weight is 379 g/mol. The fourth-order valence-electron chi connectivity index (χ4n) is 5.14. The van der Waals surface area contributed by atoms with Gasteiger partial charge in [-0.1, -0.05) is 36.4 Å². The number of anilines is 1. The van der Waals surface area contributed by atoms with Crippen molar-refractivity contribution in [3.05, 3.63) is 58.3 Å². The van der Waals surface area contributed by atoms with Gasteiger partial charge in [0.2, 0.25) is 6.29 Å². The number of ketones is 2. The molecule has 4 aliphatic rings. The fraction of sp³-hybridized carbons (Fsp3) is 0.333. The average Bonchev–Trinajstić information content (AvgIpc) is 3.43. The van der Waals surface area contributed by atoms with Gasteiger partial charge in [0.05, 0.1) is 29.5 Å². The van der Waals surface area contributed by atoms with Crippen molar-refractivity contribution in [2.75, 3.05) is 11.5 Å². The van der Waals surface area contributed by atoms with Crippen LogP contribution in [0.5, 0.6) is 0 Å². The Morgan fingerprint density at radius 2 is 2.07 bits per heavy atom. The summed E-state index contributed by atoms with van der Waals surface area (Å²) in [5, 5.41) is 1.92. The van der Waals surface area contributed by atoms with E-state index >= 15 is 0 Å². The van der Waals surface area contributed by atoms with Gasteiger partial charge in [-0.25, -0.2) is 0 Å². The highest BCUT2D eigenvalue weighted by Crippen LogP contribution is 2.51. The molecule has 1 aromatic carbocycles. The topological polar surface area (TPSA) is 55.8 Å². The van der Waals surface area contributed by atoms with E-state index in [1.165, 1.54) is 11.3 Å². The van der Waals surface area contributed by atoms with Gasteiger partial charge in [-0.05, 0) is 23.1 Å². The molecule has 5 heterocycles. The molecule has 3 fully saturated rings. The predicted octanol–water partition coefficient (Wildman–Crippen LogP) is 2.77. The summed E-state index contributed by atoms with van der Waals surface area (Å²) in [4.78, 5) is 29.5. The summed E-state index contributed by atoms with van der Waals surface area (Å²) in [5.74, 6) is -0.454. The summed E-state index contributed by atoms with van der Waals surface area (Å²) in [6, 6.07) is 11.2. The van der Waals surface area contributed by atoms with E-state index in [0.717, 1.165) is 16.1 Å². The monoisotopic (exact) mass is 379 g/mol. The molecule has 2 bridgehead atoms. The molecule has 4 aliphatic heterocycles. The quantitative estimate of drug-likeness (QED) is 0.751. The first-order valence-corrected chi connectivity index (χ1v) is 10.1. The standard InChI is InChI=1S/C21H17NO4S/c23-19(15-6-3-9-27-15)18-17-14-10-25-21(26-14)20(24)16(17)13-8-7-11-4-1-2-5-12(11)22(13)18/h1-9,13-14,16-18,21H,10H2/t13-,14-,16+,17+,18-,21+/m0/s1. The second-order valence-electron chi connectivity index (χ2n) is 7.45. The van der Waals surface area contributed by atoms with Crippen molar-refractivity contribution in [3.8, 4) is 0 Å². The largest absolute Gasteiger partial charge is 0.353 e. The van der Waals surface area contributed by atoms with Gasteiger partial charge in [0.15, 0.2) is 11.6 Å². The van der Waals surface area contributed by atoms with E-state index in [2.05, 4.69) is 17.1 Å². The smallest absolute Gasteiger partial charge is 0.218 e. The van der Waals surface area contributed by atoms with Crippen LogP contribution in [-0.2, 0) is 14.3 Å². The number of fused-ring (bicyclic) bond motifs is 8. The summed E-state index contributed by atoms with van der Waals surface area (Å²) >= 11 is 1.45. The zero-order valence-corrected chi connectivity index (χ0v) is 15.2. The Morgan fingerprint density at radius 1 is 1.19 bits per heavy atom. The summed E-state index contributed by atoms with van der Waals surface area (Å²) in [6.45, 7) is 0.373. The van der Waals surface area contributed by atoms with Crippen molar-refractivity contribution < 1.29 is 19.1 Å². The maximum absolute atomic E-state index is 13.5. The van der Waals surface area contributed by atoms with Gasteiger partial charge >= 0.3 is 0 Å². The lowest BCUT2D eigenvalue weighted by Gasteiger charge is -2.35. The van der Waals surface area contributed by atoms with Crippen molar-refractivity contribution in [2.45, 2.75) is 24.5 Å². The lowest BCUT2D eigenvalue weighted by atomic mass is 9.77. The molecule has 3 saturated heterocycles. The number of rotatable bonds is 2. The van der Waals surface area contributed by atoms with Crippen molar-refractivity contribution in [3.63, 3.8) is 0 Å². The minimum absolute atomic E-state index is 0.0331. The Kier molecular flexibility index (Phi) is 3.27.